The molecule has 1 saturated carbocycles. The molecule has 256 valence electrons. The SMILES string of the molecule is CCCCCC1CCC(c2ccc(/C=C(\CCCCCCOC(=O)NCCC[Si](OCC)(OCC)OCC)C(=O)O)cc2)CC1. The van der Waals surface area contributed by atoms with Crippen LogP contribution in [0.2, 0.25) is 6.04 Å². The highest BCUT2D eigenvalue weighted by molar-refractivity contribution is 6.60. The zero-order chi connectivity index (χ0) is 32.8. The number of rotatable bonds is 24. The maximum atomic E-state index is 12.1. The monoisotopic (exact) mass is 647 g/mol. The molecule has 8 nitrogen and oxygen atoms in total. The largest absolute Gasteiger partial charge is 0.500 e. The van der Waals surface area contributed by atoms with Crippen LogP contribution in [0.1, 0.15) is 135 Å². The third-order valence-electron chi connectivity index (χ3n) is 8.68. The van der Waals surface area contributed by atoms with Crippen molar-refractivity contribution in [2.75, 3.05) is 33.0 Å². The molecule has 2 N–H and O–H groups in total. The summed E-state index contributed by atoms with van der Waals surface area (Å²) in [5.74, 6) is 0.675. The number of carbonyl (C=O) groups is 2. The van der Waals surface area contributed by atoms with Gasteiger partial charge in [-0.05, 0) is 101 Å². The van der Waals surface area contributed by atoms with Gasteiger partial charge in [-0.25, -0.2) is 9.59 Å². The van der Waals surface area contributed by atoms with E-state index in [1.165, 1.54) is 56.9 Å². The highest BCUT2D eigenvalue weighted by Gasteiger charge is 2.39. The Kier molecular flexibility index (Phi) is 20.1. The highest BCUT2D eigenvalue weighted by Crippen LogP contribution is 2.38. The minimum absolute atomic E-state index is 0.343. The molecule has 0 spiro atoms. The minimum Gasteiger partial charge on any atom is -0.478 e. The average molecular weight is 648 g/mol. The van der Waals surface area contributed by atoms with Gasteiger partial charge < -0.3 is 28.4 Å². The summed E-state index contributed by atoms with van der Waals surface area (Å²) in [6.07, 6.45) is 16.5. The molecule has 1 aliphatic carbocycles. The minimum atomic E-state index is -2.70. The number of alkyl carbamates (subject to hydrolysis) is 1. The molecule has 45 heavy (non-hydrogen) atoms. The van der Waals surface area contributed by atoms with Gasteiger partial charge in [0.1, 0.15) is 0 Å². The molecule has 9 heteroatoms. The van der Waals surface area contributed by atoms with Crippen LogP contribution in [0.15, 0.2) is 29.8 Å². The first-order valence-electron chi connectivity index (χ1n) is 17.7. The number of carboxylic acids is 1. The second-order valence-corrected chi connectivity index (χ2v) is 14.9. The van der Waals surface area contributed by atoms with E-state index >= 15 is 0 Å². The smallest absolute Gasteiger partial charge is 0.478 e. The number of benzene rings is 1. The van der Waals surface area contributed by atoms with E-state index in [1.807, 2.05) is 26.8 Å². The van der Waals surface area contributed by atoms with E-state index in [9.17, 15) is 14.7 Å². The van der Waals surface area contributed by atoms with Crippen molar-refractivity contribution in [3.8, 4) is 0 Å². The van der Waals surface area contributed by atoms with Gasteiger partial charge in [-0.3, -0.25) is 0 Å². The first kappa shape index (κ1) is 39.0. The zero-order valence-electron chi connectivity index (χ0n) is 28.6. The van der Waals surface area contributed by atoms with E-state index in [2.05, 4.69) is 36.5 Å². The Morgan fingerprint density at radius 2 is 1.49 bits per heavy atom. The van der Waals surface area contributed by atoms with E-state index < -0.39 is 20.9 Å². The van der Waals surface area contributed by atoms with E-state index in [0.29, 0.717) is 63.3 Å². The fourth-order valence-electron chi connectivity index (χ4n) is 6.26. The summed E-state index contributed by atoms with van der Waals surface area (Å²) in [5.41, 5.74) is 2.78. The summed E-state index contributed by atoms with van der Waals surface area (Å²) in [6, 6.07) is 9.18. The molecule has 0 radical (unpaired) electrons. The molecule has 0 atom stereocenters. The van der Waals surface area contributed by atoms with Crippen LogP contribution in [0, 0.1) is 5.92 Å². The summed E-state index contributed by atoms with van der Waals surface area (Å²) in [7, 11) is -2.70. The lowest BCUT2D eigenvalue weighted by atomic mass is 9.77. The van der Waals surface area contributed by atoms with Crippen LogP contribution in [0.4, 0.5) is 4.79 Å². The van der Waals surface area contributed by atoms with Gasteiger partial charge in [0.2, 0.25) is 0 Å². The molecule has 1 fully saturated rings. The molecule has 1 aromatic rings. The van der Waals surface area contributed by atoms with Crippen LogP contribution >= 0.6 is 0 Å². The Hall–Kier alpha value is -2.20. The van der Waals surface area contributed by atoms with Gasteiger partial charge in [-0.1, -0.05) is 69.7 Å². The van der Waals surface area contributed by atoms with Crippen molar-refractivity contribution in [1.82, 2.24) is 5.32 Å². The average Bonchev–Trinajstić information content (AvgIpc) is 3.03. The maximum Gasteiger partial charge on any atom is 0.500 e. The van der Waals surface area contributed by atoms with Gasteiger partial charge in [-0.15, -0.1) is 0 Å². The zero-order valence-corrected chi connectivity index (χ0v) is 29.6. The van der Waals surface area contributed by atoms with Gasteiger partial charge in [0, 0.05) is 38.0 Å². The number of nitrogens with one attached hydrogen (secondary N) is 1. The van der Waals surface area contributed by atoms with Crippen molar-refractivity contribution in [3.63, 3.8) is 0 Å². The highest BCUT2D eigenvalue weighted by atomic mass is 28.4. The number of ether oxygens (including phenoxy) is 1. The van der Waals surface area contributed by atoms with Crippen molar-refractivity contribution >= 4 is 26.9 Å². The fourth-order valence-corrected chi connectivity index (χ4v) is 8.87. The predicted molar refractivity (Wildman–Crippen MR) is 183 cm³/mol. The molecule has 0 aliphatic heterocycles. The van der Waals surface area contributed by atoms with Crippen LogP contribution in [-0.4, -0.2) is 58.9 Å². The topological polar surface area (TPSA) is 103 Å². The first-order chi connectivity index (χ1) is 21.9. The molecule has 1 aliphatic rings. The normalized spacial score (nSPS) is 17.3. The van der Waals surface area contributed by atoms with Gasteiger partial charge in [0.05, 0.1) is 6.61 Å². The van der Waals surface area contributed by atoms with Crippen LogP contribution < -0.4 is 5.32 Å². The number of carbonyl (C=O) groups excluding carboxylic acids is 1. The lowest BCUT2D eigenvalue weighted by Gasteiger charge is -2.29. The predicted octanol–water partition coefficient (Wildman–Crippen LogP) is 9.12. The molecule has 0 unspecified atom stereocenters. The van der Waals surface area contributed by atoms with Crippen LogP contribution in [-0.2, 0) is 22.8 Å². The summed E-state index contributed by atoms with van der Waals surface area (Å²) in [4.78, 5) is 23.9. The molecular formula is C36H61NO7Si. The molecule has 0 saturated heterocycles. The second-order valence-electron chi connectivity index (χ2n) is 12.2. The fraction of sp³-hybridized carbons (Fsp3) is 0.722. The number of carboxylic acid groups (broad SMARTS) is 1. The molecular weight excluding hydrogens is 586 g/mol. The third kappa shape index (κ3) is 15.8. The first-order valence-corrected chi connectivity index (χ1v) is 19.7. The molecule has 1 amide bonds. The summed E-state index contributed by atoms with van der Waals surface area (Å²) in [6.45, 7) is 10.5. The lowest BCUT2D eigenvalue weighted by molar-refractivity contribution is -0.132. The Morgan fingerprint density at radius 3 is 2.09 bits per heavy atom. The molecule has 0 bridgehead atoms. The van der Waals surface area contributed by atoms with Gasteiger partial charge in [-0.2, -0.15) is 0 Å². The quantitative estimate of drug-likeness (QED) is 0.0655. The van der Waals surface area contributed by atoms with Crippen molar-refractivity contribution < 1.29 is 32.7 Å². The van der Waals surface area contributed by atoms with Crippen molar-refractivity contribution in [3.05, 3.63) is 41.0 Å². The van der Waals surface area contributed by atoms with Crippen LogP contribution in [0.3, 0.4) is 0 Å². The number of aliphatic carboxylic acids is 1. The number of unbranched alkanes of at least 4 members (excludes halogenated alkanes) is 5. The summed E-state index contributed by atoms with van der Waals surface area (Å²) >= 11 is 0. The summed E-state index contributed by atoms with van der Waals surface area (Å²) < 4.78 is 22.8. The van der Waals surface area contributed by atoms with Crippen molar-refractivity contribution in [2.24, 2.45) is 5.92 Å². The Labute approximate surface area is 274 Å². The van der Waals surface area contributed by atoms with Gasteiger partial charge >= 0.3 is 20.9 Å². The molecule has 0 aromatic heterocycles. The van der Waals surface area contributed by atoms with Gasteiger partial charge in [0.25, 0.3) is 0 Å². The summed E-state index contributed by atoms with van der Waals surface area (Å²) in [5, 5.41) is 12.5. The van der Waals surface area contributed by atoms with Crippen LogP contribution in [0.25, 0.3) is 6.08 Å². The number of hydrogen-bond donors (Lipinski definition) is 2. The third-order valence-corrected chi connectivity index (χ3v) is 11.8. The Morgan fingerprint density at radius 1 is 0.844 bits per heavy atom. The van der Waals surface area contributed by atoms with Crippen molar-refractivity contribution in [1.29, 1.82) is 0 Å². The maximum absolute atomic E-state index is 12.1. The lowest BCUT2D eigenvalue weighted by Crippen LogP contribution is -2.46. The Bertz CT molecular complexity index is 959. The molecule has 0 heterocycles. The van der Waals surface area contributed by atoms with Crippen LogP contribution in [0.5, 0.6) is 0 Å². The molecule has 2 rings (SSSR count). The van der Waals surface area contributed by atoms with E-state index in [1.54, 1.807) is 0 Å². The standard InChI is InChI=1S/C36H61NO7Si/c1-5-9-12-16-30-18-22-32(23-19-30)33-24-20-31(21-25-33)29-34(35(38)39)17-13-10-11-14-27-41-36(40)37-26-15-28-45(42-6-2,43-7-3)44-8-4/h20-21,24-25,29-30,32H,5-19,22-23,26-28H2,1-4H3,(H,37,40)(H,38,39)/b34-29+. The van der Waals surface area contributed by atoms with E-state index in [0.717, 1.165) is 37.2 Å². The second kappa shape index (κ2) is 23.2. The van der Waals surface area contributed by atoms with E-state index in [-0.39, 0.29) is 0 Å². The van der Waals surface area contributed by atoms with E-state index in [4.69, 9.17) is 18.0 Å². The van der Waals surface area contributed by atoms with Gasteiger partial charge in [0.15, 0.2) is 0 Å². The number of hydrogen-bond acceptors (Lipinski definition) is 6. The molecule has 1 aromatic carbocycles. The van der Waals surface area contributed by atoms with Crippen molar-refractivity contribution in [2.45, 2.75) is 130 Å². The Balaban J connectivity index is 1.63. The number of amides is 1.